The molecule has 25 heavy (non-hydrogen) atoms. The first kappa shape index (κ1) is 17.2. The molecule has 9 nitrogen and oxygen atoms in total. The van der Waals surface area contributed by atoms with Crippen LogP contribution in [0.4, 0.5) is 15.5 Å². The number of anilines is 1. The average Bonchev–Trinajstić information content (AvgIpc) is 2.91. The summed E-state index contributed by atoms with van der Waals surface area (Å²) in [6.45, 7) is 1.85. The van der Waals surface area contributed by atoms with E-state index in [-0.39, 0.29) is 5.92 Å². The lowest BCUT2D eigenvalue weighted by atomic mass is 9.98. The number of thioether (sulfide) groups is 1. The Morgan fingerprint density at radius 1 is 1.52 bits per heavy atom. The van der Waals surface area contributed by atoms with Crippen LogP contribution >= 0.6 is 11.8 Å². The predicted octanol–water partition coefficient (Wildman–Crippen LogP) is 1.28. The fourth-order valence-corrected chi connectivity index (χ4v) is 3.46. The molecular weight excluding hydrogens is 346 g/mol. The van der Waals surface area contributed by atoms with Crippen LogP contribution in [-0.4, -0.2) is 51.9 Å². The van der Waals surface area contributed by atoms with Gasteiger partial charge < -0.3 is 15.3 Å². The van der Waals surface area contributed by atoms with Crippen LogP contribution in [0.2, 0.25) is 0 Å². The van der Waals surface area contributed by atoms with E-state index in [1.165, 1.54) is 0 Å². The lowest BCUT2D eigenvalue weighted by molar-refractivity contribution is -0.115. The minimum absolute atomic E-state index is 0.198. The summed E-state index contributed by atoms with van der Waals surface area (Å²) in [5.74, 6) is 0.307. The van der Waals surface area contributed by atoms with Crippen molar-refractivity contribution < 1.29 is 19.5 Å². The van der Waals surface area contributed by atoms with E-state index in [0.29, 0.717) is 29.6 Å². The summed E-state index contributed by atoms with van der Waals surface area (Å²) in [4.78, 5) is 44.5. The Balaban J connectivity index is 1.70. The van der Waals surface area contributed by atoms with Gasteiger partial charge in [-0.2, -0.15) is 0 Å². The number of amides is 3. The van der Waals surface area contributed by atoms with Gasteiger partial charge >= 0.3 is 6.09 Å². The van der Waals surface area contributed by atoms with E-state index in [1.807, 2.05) is 4.90 Å². The van der Waals surface area contributed by atoms with Crippen molar-refractivity contribution in [2.75, 3.05) is 24.5 Å². The molecule has 1 aromatic heterocycles. The molecule has 2 aliphatic heterocycles. The number of imide groups is 1. The number of carbonyl (C=O) groups is 3. The van der Waals surface area contributed by atoms with Crippen LogP contribution in [0.25, 0.3) is 6.08 Å². The molecule has 0 bridgehead atoms. The van der Waals surface area contributed by atoms with Crippen molar-refractivity contribution in [1.82, 2.24) is 20.6 Å². The second-order valence-corrected chi connectivity index (χ2v) is 6.79. The highest BCUT2D eigenvalue weighted by atomic mass is 32.2. The summed E-state index contributed by atoms with van der Waals surface area (Å²) in [5.41, 5.74) is 0.545. The van der Waals surface area contributed by atoms with Crippen molar-refractivity contribution >= 4 is 41.0 Å². The van der Waals surface area contributed by atoms with Crippen LogP contribution in [0.5, 0.6) is 0 Å². The van der Waals surface area contributed by atoms with E-state index in [4.69, 9.17) is 5.11 Å². The number of hydrogen-bond donors (Lipinski definition) is 3. The van der Waals surface area contributed by atoms with Gasteiger partial charge in [0.2, 0.25) is 5.95 Å². The van der Waals surface area contributed by atoms with Gasteiger partial charge in [-0.1, -0.05) is 0 Å². The summed E-state index contributed by atoms with van der Waals surface area (Å²) in [5, 5.41) is 13.0. The van der Waals surface area contributed by atoms with Crippen LogP contribution in [0.1, 0.15) is 18.5 Å². The maximum absolute atomic E-state index is 11.6. The summed E-state index contributed by atoms with van der Waals surface area (Å²) >= 11 is 0.843. The number of nitrogens with one attached hydrogen (secondary N) is 2. The van der Waals surface area contributed by atoms with Crippen molar-refractivity contribution in [3.63, 3.8) is 0 Å². The molecule has 0 aliphatic carbocycles. The van der Waals surface area contributed by atoms with Crippen LogP contribution in [-0.2, 0) is 4.79 Å². The first-order chi connectivity index (χ1) is 12.0. The standard InChI is InChI=1S/C15H17N5O4S/c21-12-11(25-15(24)19-12)6-10-3-4-16-13(18-10)20-5-1-2-9(8-20)7-17-14(22)23/h3-4,6,9,17H,1-2,5,7-8H2,(H,22,23)(H,19,21,24). The van der Waals surface area contributed by atoms with Gasteiger partial charge in [-0.15, -0.1) is 0 Å². The highest BCUT2D eigenvalue weighted by Crippen LogP contribution is 2.26. The number of carboxylic acid groups (broad SMARTS) is 1. The SMILES string of the molecule is O=C(O)NCC1CCCN(c2nccc(C=C3SC(=O)NC3=O)n2)C1. The minimum Gasteiger partial charge on any atom is -0.465 e. The molecule has 0 saturated carbocycles. The number of piperidine rings is 1. The summed E-state index contributed by atoms with van der Waals surface area (Å²) in [7, 11) is 0. The van der Waals surface area contributed by atoms with E-state index < -0.39 is 17.2 Å². The van der Waals surface area contributed by atoms with E-state index >= 15 is 0 Å². The molecule has 3 rings (SSSR count). The fourth-order valence-electron chi connectivity index (χ4n) is 2.79. The van der Waals surface area contributed by atoms with Gasteiger partial charge in [0, 0.05) is 25.8 Å². The number of rotatable bonds is 4. The van der Waals surface area contributed by atoms with Gasteiger partial charge in [-0.05, 0) is 42.7 Å². The highest BCUT2D eigenvalue weighted by Gasteiger charge is 2.26. The first-order valence-corrected chi connectivity index (χ1v) is 8.62. The third kappa shape index (κ3) is 4.47. The Labute approximate surface area is 147 Å². The number of aromatic nitrogens is 2. The molecule has 2 fully saturated rings. The molecule has 10 heteroatoms. The summed E-state index contributed by atoms with van der Waals surface area (Å²) in [6.07, 6.45) is 4.01. The lowest BCUT2D eigenvalue weighted by Gasteiger charge is -2.32. The number of hydrogen-bond acceptors (Lipinski definition) is 7. The molecule has 0 spiro atoms. The molecule has 2 saturated heterocycles. The maximum Gasteiger partial charge on any atom is 0.404 e. The Morgan fingerprint density at radius 3 is 3.08 bits per heavy atom. The van der Waals surface area contributed by atoms with Crippen LogP contribution < -0.4 is 15.5 Å². The van der Waals surface area contributed by atoms with E-state index in [0.717, 1.165) is 31.1 Å². The van der Waals surface area contributed by atoms with Crippen molar-refractivity contribution in [3.05, 3.63) is 22.9 Å². The van der Waals surface area contributed by atoms with Crippen molar-refractivity contribution in [1.29, 1.82) is 0 Å². The monoisotopic (exact) mass is 363 g/mol. The number of carbonyl (C=O) groups excluding carboxylic acids is 2. The second kappa shape index (κ2) is 7.51. The van der Waals surface area contributed by atoms with Crippen LogP contribution in [0.15, 0.2) is 17.2 Å². The molecule has 0 aromatic carbocycles. The zero-order valence-corrected chi connectivity index (χ0v) is 14.1. The third-order valence-corrected chi connectivity index (χ3v) is 4.74. The van der Waals surface area contributed by atoms with Crippen molar-refractivity contribution in [2.24, 2.45) is 5.92 Å². The van der Waals surface area contributed by atoms with Gasteiger partial charge in [0.25, 0.3) is 11.1 Å². The average molecular weight is 363 g/mol. The largest absolute Gasteiger partial charge is 0.465 e. The Morgan fingerprint density at radius 2 is 2.36 bits per heavy atom. The van der Waals surface area contributed by atoms with Crippen molar-refractivity contribution in [2.45, 2.75) is 12.8 Å². The normalized spacial score (nSPS) is 22.2. The zero-order valence-electron chi connectivity index (χ0n) is 13.3. The second-order valence-electron chi connectivity index (χ2n) is 5.77. The lowest BCUT2D eigenvalue weighted by Crippen LogP contribution is -2.41. The quantitative estimate of drug-likeness (QED) is 0.684. The molecule has 0 radical (unpaired) electrons. The molecule has 132 valence electrons. The zero-order chi connectivity index (χ0) is 17.8. The molecule has 1 unspecified atom stereocenters. The minimum atomic E-state index is -1.02. The highest BCUT2D eigenvalue weighted by molar-refractivity contribution is 8.18. The molecule has 3 N–H and O–H groups in total. The van der Waals surface area contributed by atoms with E-state index in [9.17, 15) is 14.4 Å². The van der Waals surface area contributed by atoms with Crippen LogP contribution in [0, 0.1) is 5.92 Å². The predicted molar refractivity (Wildman–Crippen MR) is 92.1 cm³/mol. The first-order valence-electron chi connectivity index (χ1n) is 7.81. The molecule has 3 heterocycles. The van der Waals surface area contributed by atoms with E-state index in [1.54, 1.807) is 18.3 Å². The van der Waals surface area contributed by atoms with Gasteiger partial charge in [0.15, 0.2) is 0 Å². The molecule has 1 atom stereocenters. The van der Waals surface area contributed by atoms with Gasteiger partial charge in [-0.3, -0.25) is 14.9 Å². The molecule has 1 aromatic rings. The summed E-state index contributed by atoms with van der Waals surface area (Å²) < 4.78 is 0. The van der Waals surface area contributed by atoms with E-state index in [2.05, 4.69) is 20.6 Å². The topological polar surface area (TPSA) is 125 Å². The summed E-state index contributed by atoms with van der Waals surface area (Å²) in [6, 6.07) is 1.67. The smallest absolute Gasteiger partial charge is 0.404 e. The Bertz CT molecular complexity index is 738. The van der Waals surface area contributed by atoms with Gasteiger partial charge in [-0.25, -0.2) is 14.8 Å². The molecule has 2 aliphatic rings. The molecular formula is C15H17N5O4S. The Hall–Kier alpha value is -2.62. The molecule has 3 amide bonds. The maximum atomic E-state index is 11.6. The number of nitrogens with zero attached hydrogens (tertiary/aromatic N) is 3. The fraction of sp³-hybridized carbons (Fsp3) is 0.400. The van der Waals surface area contributed by atoms with Gasteiger partial charge in [0.05, 0.1) is 10.6 Å². The van der Waals surface area contributed by atoms with Crippen molar-refractivity contribution in [3.8, 4) is 0 Å². The third-order valence-electron chi connectivity index (χ3n) is 3.93. The van der Waals surface area contributed by atoms with Gasteiger partial charge in [0.1, 0.15) is 0 Å². The van der Waals surface area contributed by atoms with Crippen LogP contribution in [0.3, 0.4) is 0 Å². The Kier molecular flexibility index (Phi) is 5.17.